The molecule has 0 aliphatic carbocycles. The van der Waals surface area contributed by atoms with E-state index in [-0.39, 0.29) is 0 Å². The lowest BCUT2D eigenvalue weighted by Crippen LogP contribution is -1.96. The highest BCUT2D eigenvalue weighted by atomic mass is 32.2. The van der Waals surface area contributed by atoms with Crippen LogP contribution in [0.15, 0.2) is 59.6 Å². The third-order valence-corrected chi connectivity index (χ3v) is 4.96. The van der Waals surface area contributed by atoms with Crippen molar-refractivity contribution in [2.75, 3.05) is 7.11 Å². The molecule has 2 aromatic heterocycles. The maximum absolute atomic E-state index is 5.30. The SMILES string of the molecule is COc1cccc(CSc2nc3cc(C)nn3c3ccccc23)c1. The zero-order valence-electron chi connectivity index (χ0n) is 13.6. The van der Waals surface area contributed by atoms with Crippen LogP contribution < -0.4 is 4.74 Å². The maximum Gasteiger partial charge on any atom is 0.157 e. The summed E-state index contributed by atoms with van der Waals surface area (Å²) in [5.41, 5.74) is 4.17. The number of methoxy groups -OCH3 is 1. The molecule has 0 aliphatic heterocycles. The predicted molar refractivity (Wildman–Crippen MR) is 97.8 cm³/mol. The van der Waals surface area contributed by atoms with Gasteiger partial charge in [0.25, 0.3) is 0 Å². The van der Waals surface area contributed by atoms with E-state index in [1.807, 2.05) is 41.8 Å². The number of hydrogen-bond acceptors (Lipinski definition) is 4. The lowest BCUT2D eigenvalue weighted by atomic mass is 10.2. The molecule has 0 aliphatic rings. The van der Waals surface area contributed by atoms with Gasteiger partial charge in [0.15, 0.2) is 5.65 Å². The summed E-state index contributed by atoms with van der Waals surface area (Å²) in [7, 11) is 1.69. The molecule has 4 rings (SSSR count). The van der Waals surface area contributed by atoms with Crippen molar-refractivity contribution in [2.24, 2.45) is 0 Å². The molecular formula is C19H17N3OS. The Bertz CT molecular complexity index is 1030. The summed E-state index contributed by atoms with van der Waals surface area (Å²) in [6.45, 7) is 1.99. The van der Waals surface area contributed by atoms with Crippen molar-refractivity contribution >= 4 is 28.3 Å². The van der Waals surface area contributed by atoms with Crippen molar-refractivity contribution in [1.29, 1.82) is 0 Å². The first-order valence-electron chi connectivity index (χ1n) is 7.75. The number of ether oxygens (including phenoxy) is 1. The van der Waals surface area contributed by atoms with Crippen LogP contribution in [0.1, 0.15) is 11.3 Å². The van der Waals surface area contributed by atoms with Gasteiger partial charge >= 0.3 is 0 Å². The molecule has 24 heavy (non-hydrogen) atoms. The minimum absolute atomic E-state index is 0.845. The number of aromatic nitrogens is 3. The van der Waals surface area contributed by atoms with Gasteiger partial charge in [0.2, 0.25) is 0 Å². The minimum Gasteiger partial charge on any atom is -0.497 e. The van der Waals surface area contributed by atoms with E-state index in [0.717, 1.165) is 38.8 Å². The van der Waals surface area contributed by atoms with Gasteiger partial charge in [0.1, 0.15) is 10.8 Å². The number of hydrogen-bond donors (Lipinski definition) is 0. The number of nitrogens with zero attached hydrogens (tertiary/aromatic N) is 3. The lowest BCUT2D eigenvalue weighted by molar-refractivity contribution is 0.414. The van der Waals surface area contributed by atoms with Gasteiger partial charge in [0.05, 0.1) is 18.3 Å². The molecule has 5 heteroatoms. The normalized spacial score (nSPS) is 11.2. The summed E-state index contributed by atoms with van der Waals surface area (Å²) in [4.78, 5) is 4.81. The highest BCUT2D eigenvalue weighted by molar-refractivity contribution is 7.98. The van der Waals surface area contributed by atoms with Gasteiger partial charge < -0.3 is 4.74 Å². The van der Waals surface area contributed by atoms with E-state index in [4.69, 9.17) is 9.72 Å². The quantitative estimate of drug-likeness (QED) is 0.407. The molecular weight excluding hydrogens is 318 g/mol. The van der Waals surface area contributed by atoms with Crippen molar-refractivity contribution in [2.45, 2.75) is 17.7 Å². The molecule has 0 fully saturated rings. The fourth-order valence-corrected chi connectivity index (χ4v) is 3.74. The summed E-state index contributed by atoms with van der Waals surface area (Å²) in [5.74, 6) is 1.73. The molecule has 0 N–H and O–H groups in total. The monoisotopic (exact) mass is 335 g/mol. The van der Waals surface area contributed by atoms with Gasteiger partial charge in [0, 0.05) is 17.2 Å². The third-order valence-electron chi connectivity index (χ3n) is 3.90. The summed E-state index contributed by atoms with van der Waals surface area (Å²) in [5, 5.41) is 6.71. The first kappa shape index (κ1) is 15.0. The molecule has 4 nitrogen and oxygen atoms in total. The molecule has 0 atom stereocenters. The first-order valence-corrected chi connectivity index (χ1v) is 8.74. The lowest BCUT2D eigenvalue weighted by Gasteiger charge is -2.08. The zero-order valence-corrected chi connectivity index (χ0v) is 14.4. The van der Waals surface area contributed by atoms with Crippen LogP contribution >= 0.6 is 11.8 Å². The van der Waals surface area contributed by atoms with Crippen molar-refractivity contribution in [3.8, 4) is 5.75 Å². The van der Waals surface area contributed by atoms with E-state index in [9.17, 15) is 0 Å². The van der Waals surface area contributed by atoms with Gasteiger partial charge in [-0.2, -0.15) is 5.10 Å². The Morgan fingerprint density at radius 2 is 1.96 bits per heavy atom. The first-order chi connectivity index (χ1) is 11.7. The molecule has 120 valence electrons. The number of benzene rings is 2. The van der Waals surface area contributed by atoms with Crippen molar-refractivity contribution in [3.05, 3.63) is 65.9 Å². The van der Waals surface area contributed by atoms with E-state index < -0.39 is 0 Å². The number of aryl methyl sites for hydroxylation is 1. The van der Waals surface area contributed by atoms with Crippen LogP contribution in [0.25, 0.3) is 16.6 Å². The maximum atomic E-state index is 5.30. The van der Waals surface area contributed by atoms with Gasteiger partial charge in [-0.1, -0.05) is 30.3 Å². The summed E-state index contributed by atoms with van der Waals surface area (Å²) in [6, 6.07) is 18.4. The van der Waals surface area contributed by atoms with Crippen LogP contribution in [-0.2, 0) is 5.75 Å². The van der Waals surface area contributed by atoms with Crippen LogP contribution in [0.3, 0.4) is 0 Å². The minimum atomic E-state index is 0.845. The zero-order chi connectivity index (χ0) is 16.5. The molecule has 0 unspecified atom stereocenters. The van der Waals surface area contributed by atoms with E-state index in [1.165, 1.54) is 5.56 Å². The van der Waals surface area contributed by atoms with E-state index in [0.29, 0.717) is 0 Å². The average Bonchev–Trinajstić information content (AvgIpc) is 3.00. The Labute approximate surface area is 144 Å². The fourth-order valence-electron chi connectivity index (χ4n) is 2.77. The van der Waals surface area contributed by atoms with Crippen molar-refractivity contribution in [3.63, 3.8) is 0 Å². The highest BCUT2D eigenvalue weighted by Gasteiger charge is 2.10. The van der Waals surface area contributed by atoms with Crippen LogP contribution in [0.5, 0.6) is 5.75 Å². The summed E-state index contributed by atoms with van der Waals surface area (Å²) < 4.78 is 7.22. The molecule has 0 saturated carbocycles. The van der Waals surface area contributed by atoms with Gasteiger partial charge in [-0.25, -0.2) is 9.50 Å². The Hall–Kier alpha value is -2.53. The number of thioether (sulfide) groups is 1. The van der Waals surface area contributed by atoms with Gasteiger partial charge in [-0.15, -0.1) is 11.8 Å². The highest BCUT2D eigenvalue weighted by Crippen LogP contribution is 2.30. The summed E-state index contributed by atoms with van der Waals surface area (Å²) in [6.07, 6.45) is 0. The Balaban J connectivity index is 1.74. The van der Waals surface area contributed by atoms with Crippen molar-refractivity contribution in [1.82, 2.24) is 14.6 Å². The topological polar surface area (TPSA) is 39.4 Å². The second kappa shape index (κ2) is 6.17. The largest absolute Gasteiger partial charge is 0.497 e. The second-order valence-electron chi connectivity index (χ2n) is 5.63. The molecule has 0 spiro atoms. The molecule has 0 bridgehead atoms. The molecule has 0 radical (unpaired) electrons. The standard InChI is InChI=1S/C19H17N3OS/c1-13-10-18-20-19(16-8-3-4-9-17(16)22(18)21-13)24-12-14-6-5-7-15(11-14)23-2/h3-11H,12H2,1-2H3. The fraction of sp³-hybridized carbons (Fsp3) is 0.158. The Morgan fingerprint density at radius 3 is 2.83 bits per heavy atom. The number of para-hydroxylation sites is 1. The third kappa shape index (κ3) is 2.71. The van der Waals surface area contributed by atoms with Gasteiger partial charge in [-0.05, 0) is 30.7 Å². The van der Waals surface area contributed by atoms with Crippen LogP contribution in [0.4, 0.5) is 0 Å². The van der Waals surface area contributed by atoms with E-state index in [1.54, 1.807) is 18.9 Å². The molecule has 4 aromatic rings. The number of fused-ring (bicyclic) bond motifs is 3. The van der Waals surface area contributed by atoms with Crippen LogP contribution in [0, 0.1) is 6.92 Å². The Morgan fingerprint density at radius 1 is 1.08 bits per heavy atom. The molecule has 0 amide bonds. The number of rotatable bonds is 4. The molecule has 2 aromatic carbocycles. The second-order valence-corrected chi connectivity index (χ2v) is 6.59. The van der Waals surface area contributed by atoms with Crippen molar-refractivity contribution < 1.29 is 4.74 Å². The smallest absolute Gasteiger partial charge is 0.157 e. The van der Waals surface area contributed by atoms with E-state index in [2.05, 4.69) is 29.4 Å². The Kier molecular flexibility index (Phi) is 3.86. The molecule has 2 heterocycles. The summed E-state index contributed by atoms with van der Waals surface area (Å²) >= 11 is 1.74. The van der Waals surface area contributed by atoms with Crippen LogP contribution in [-0.4, -0.2) is 21.7 Å². The van der Waals surface area contributed by atoms with Crippen LogP contribution in [0.2, 0.25) is 0 Å². The predicted octanol–water partition coefficient (Wildman–Crippen LogP) is 4.49. The molecule has 0 saturated heterocycles. The van der Waals surface area contributed by atoms with E-state index >= 15 is 0 Å². The average molecular weight is 335 g/mol. The van der Waals surface area contributed by atoms with Gasteiger partial charge in [-0.3, -0.25) is 0 Å².